The van der Waals surface area contributed by atoms with Crippen LogP contribution in [0.1, 0.15) is 30.4 Å². The van der Waals surface area contributed by atoms with Crippen LogP contribution in [0.25, 0.3) is 0 Å². The third-order valence-corrected chi connectivity index (χ3v) is 6.31. The topological polar surface area (TPSA) is 68.3 Å². The quantitative estimate of drug-likeness (QED) is 0.660. The van der Waals surface area contributed by atoms with E-state index in [1.54, 1.807) is 19.1 Å². The molecule has 0 saturated carbocycles. The van der Waals surface area contributed by atoms with Gasteiger partial charge in [0.2, 0.25) is 5.91 Å². The number of rotatable bonds is 7. The van der Waals surface area contributed by atoms with E-state index in [1.165, 1.54) is 0 Å². The molecule has 0 radical (unpaired) electrons. The largest absolute Gasteiger partial charge is 0.493 e. The first-order chi connectivity index (χ1) is 15.6. The summed E-state index contributed by atoms with van der Waals surface area (Å²) in [6.45, 7) is 1.37. The molecule has 2 amide bonds. The minimum atomic E-state index is -0.434. The molecule has 2 aromatic carbocycles. The van der Waals surface area contributed by atoms with Gasteiger partial charge < -0.3 is 19.1 Å². The summed E-state index contributed by atoms with van der Waals surface area (Å²) in [6.07, 6.45) is 2.84. The van der Waals surface area contributed by atoms with Gasteiger partial charge in [0.05, 0.1) is 20.3 Å². The molecule has 7 nitrogen and oxygen atoms in total. The molecule has 170 valence electrons. The van der Waals surface area contributed by atoms with Gasteiger partial charge in [-0.15, -0.1) is 0 Å². The van der Waals surface area contributed by atoms with Crippen LogP contribution in [0.5, 0.6) is 11.5 Å². The first-order valence-corrected chi connectivity index (χ1v) is 11.1. The van der Waals surface area contributed by atoms with E-state index in [9.17, 15) is 9.59 Å². The highest BCUT2D eigenvalue weighted by Crippen LogP contribution is 2.31. The van der Waals surface area contributed by atoms with E-state index in [0.29, 0.717) is 37.4 Å². The fraction of sp³-hybridized carbons (Fsp3) is 0.440. The van der Waals surface area contributed by atoms with Gasteiger partial charge in [0.25, 0.3) is 0 Å². The minimum Gasteiger partial charge on any atom is -0.493 e. The number of hydrogen-bond donors (Lipinski definition) is 0. The number of carbonyl (C=O) groups excluding carboxylic acids is 2. The number of hydrogen-bond acceptors (Lipinski definition) is 5. The van der Waals surface area contributed by atoms with Crippen LogP contribution in [0.15, 0.2) is 48.5 Å². The Hall–Kier alpha value is -3.22. The van der Waals surface area contributed by atoms with Crippen LogP contribution >= 0.6 is 0 Å². The highest BCUT2D eigenvalue weighted by molar-refractivity contribution is 5.87. The van der Waals surface area contributed by atoms with Gasteiger partial charge in [0.1, 0.15) is 12.6 Å². The molecule has 2 heterocycles. The van der Waals surface area contributed by atoms with E-state index >= 15 is 0 Å². The van der Waals surface area contributed by atoms with Gasteiger partial charge in [-0.25, -0.2) is 4.79 Å². The number of fused-ring (bicyclic) bond motifs is 2. The summed E-state index contributed by atoms with van der Waals surface area (Å²) in [7, 11) is 3.22. The molecule has 2 fully saturated rings. The van der Waals surface area contributed by atoms with E-state index in [0.717, 1.165) is 24.0 Å². The average molecular weight is 439 g/mol. The number of piperidine rings is 1. The van der Waals surface area contributed by atoms with Crippen molar-refractivity contribution in [1.29, 1.82) is 0 Å². The average Bonchev–Trinajstić information content (AvgIpc) is 2.84. The molecule has 2 atom stereocenters. The molecule has 4 rings (SSSR count). The summed E-state index contributed by atoms with van der Waals surface area (Å²) in [6, 6.07) is 15.0. The molecule has 2 aromatic rings. The summed E-state index contributed by atoms with van der Waals surface area (Å²) in [4.78, 5) is 29.6. The number of benzene rings is 2. The van der Waals surface area contributed by atoms with Gasteiger partial charge in [-0.05, 0) is 48.9 Å². The summed E-state index contributed by atoms with van der Waals surface area (Å²) >= 11 is 0. The predicted molar refractivity (Wildman–Crippen MR) is 120 cm³/mol. The maximum absolute atomic E-state index is 13.2. The second-order valence-electron chi connectivity index (χ2n) is 8.27. The smallest absolute Gasteiger partial charge is 0.411 e. The van der Waals surface area contributed by atoms with Crippen molar-refractivity contribution >= 4 is 12.0 Å². The summed E-state index contributed by atoms with van der Waals surface area (Å²) < 4.78 is 16.2. The zero-order valence-corrected chi connectivity index (χ0v) is 18.7. The van der Waals surface area contributed by atoms with Crippen LogP contribution in [0.3, 0.4) is 0 Å². The minimum absolute atomic E-state index is 0.000117. The Morgan fingerprint density at radius 1 is 1.00 bits per heavy atom. The van der Waals surface area contributed by atoms with Crippen LogP contribution in [-0.4, -0.2) is 61.2 Å². The SMILES string of the molecule is COc1ccc(CCN2CC3CCCC(C2=O)N3C(=O)OCc2ccccc2)cc1OC. The maximum atomic E-state index is 13.2. The van der Waals surface area contributed by atoms with E-state index < -0.39 is 12.1 Å². The van der Waals surface area contributed by atoms with E-state index in [2.05, 4.69) is 0 Å². The summed E-state index contributed by atoms with van der Waals surface area (Å²) in [5.74, 6) is 1.38. The zero-order chi connectivity index (χ0) is 22.5. The first-order valence-electron chi connectivity index (χ1n) is 11.1. The van der Waals surface area contributed by atoms with Gasteiger partial charge in [0.15, 0.2) is 11.5 Å². The molecule has 32 heavy (non-hydrogen) atoms. The highest BCUT2D eigenvalue weighted by Gasteiger charge is 2.45. The van der Waals surface area contributed by atoms with E-state index in [1.807, 2.05) is 53.4 Å². The fourth-order valence-corrected chi connectivity index (χ4v) is 4.63. The lowest BCUT2D eigenvalue weighted by Crippen LogP contribution is -2.65. The summed E-state index contributed by atoms with van der Waals surface area (Å²) in [5.41, 5.74) is 2.01. The Kier molecular flexibility index (Phi) is 6.83. The van der Waals surface area contributed by atoms with E-state index in [4.69, 9.17) is 14.2 Å². The van der Waals surface area contributed by atoms with Crippen molar-refractivity contribution in [1.82, 2.24) is 9.80 Å². The standard InChI is InChI=1S/C25H30N2O5/c1-30-22-12-11-18(15-23(22)31-2)13-14-26-16-20-9-6-10-21(24(26)28)27(20)25(29)32-17-19-7-4-3-5-8-19/h3-5,7-8,11-12,15,20-21H,6,9-10,13-14,16-17H2,1-2H3. The normalized spacial score (nSPS) is 20.1. The first kappa shape index (κ1) is 22.0. The van der Waals surface area contributed by atoms with E-state index in [-0.39, 0.29) is 18.6 Å². The number of likely N-dealkylation sites (tertiary alicyclic amines) is 1. The molecule has 7 heteroatoms. The lowest BCUT2D eigenvalue weighted by molar-refractivity contribution is -0.146. The molecule has 0 aromatic heterocycles. The zero-order valence-electron chi connectivity index (χ0n) is 18.7. The fourth-order valence-electron chi connectivity index (χ4n) is 4.63. The number of ether oxygens (including phenoxy) is 3. The van der Waals surface area contributed by atoms with Crippen LogP contribution in [0.2, 0.25) is 0 Å². The monoisotopic (exact) mass is 438 g/mol. The lowest BCUT2D eigenvalue weighted by atomic mass is 9.91. The van der Waals surface area contributed by atoms with Crippen molar-refractivity contribution in [2.24, 2.45) is 0 Å². The second kappa shape index (κ2) is 9.94. The van der Waals surface area contributed by atoms with Crippen LogP contribution in [0, 0.1) is 0 Å². The van der Waals surface area contributed by atoms with Gasteiger partial charge >= 0.3 is 6.09 Å². The van der Waals surface area contributed by atoms with Crippen molar-refractivity contribution in [2.45, 2.75) is 44.4 Å². The highest BCUT2D eigenvalue weighted by atomic mass is 16.6. The van der Waals surface area contributed by atoms with Gasteiger partial charge in [-0.1, -0.05) is 36.4 Å². The maximum Gasteiger partial charge on any atom is 0.411 e. The van der Waals surface area contributed by atoms with Crippen molar-refractivity contribution in [2.75, 3.05) is 27.3 Å². The van der Waals surface area contributed by atoms with Gasteiger partial charge in [-0.3, -0.25) is 9.69 Å². The molecule has 2 aliphatic rings. The predicted octanol–water partition coefficient (Wildman–Crippen LogP) is 3.65. The van der Waals surface area contributed by atoms with Crippen molar-refractivity contribution in [3.8, 4) is 11.5 Å². The van der Waals surface area contributed by atoms with Crippen LogP contribution < -0.4 is 9.47 Å². The third-order valence-electron chi connectivity index (χ3n) is 6.31. The second-order valence-corrected chi connectivity index (χ2v) is 8.27. The number of piperazine rings is 1. The number of amides is 2. The molecular formula is C25H30N2O5. The number of methoxy groups -OCH3 is 2. The van der Waals surface area contributed by atoms with Gasteiger partial charge in [-0.2, -0.15) is 0 Å². The number of carbonyl (C=O) groups is 2. The molecule has 2 aliphatic heterocycles. The molecule has 2 saturated heterocycles. The Balaban J connectivity index is 1.38. The van der Waals surface area contributed by atoms with Crippen molar-refractivity contribution < 1.29 is 23.8 Å². The molecule has 2 unspecified atom stereocenters. The van der Waals surface area contributed by atoms with Crippen molar-refractivity contribution in [3.05, 3.63) is 59.7 Å². The molecule has 0 spiro atoms. The Morgan fingerprint density at radius 2 is 1.78 bits per heavy atom. The van der Waals surface area contributed by atoms with Crippen LogP contribution in [-0.2, 0) is 22.6 Å². The molecule has 0 aliphatic carbocycles. The Bertz CT molecular complexity index is 949. The third kappa shape index (κ3) is 4.66. The van der Waals surface area contributed by atoms with Crippen LogP contribution in [0.4, 0.5) is 4.79 Å². The molecule has 0 N–H and O–H groups in total. The Labute approximate surface area is 188 Å². The lowest BCUT2D eigenvalue weighted by Gasteiger charge is -2.48. The molecule has 2 bridgehead atoms. The number of nitrogens with zero attached hydrogens (tertiary/aromatic N) is 2. The Morgan fingerprint density at radius 3 is 2.53 bits per heavy atom. The van der Waals surface area contributed by atoms with Crippen molar-refractivity contribution in [3.63, 3.8) is 0 Å². The van der Waals surface area contributed by atoms with Gasteiger partial charge in [0, 0.05) is 13.1 Å². The molecular weight excluding hydrogens is 408 g/mol. The summed E-state index contributed by atoms with van der Waals surface area (Å²) in [5, 5.41) is 0.